The Hall–Kier alpha value is -3.19. The number of carbonyl (C=O) groups is 2. The molecule has 0 saturated carbocycles. The lowest BCUT2D eigenvalue weighted by molar-refractivity contribution is 0.0827. The Kier molecular flexibility index (Phi) is 6.06. The molecule has 6 nitrogen and oxygen atoms in total. The molecule has 0 aliphatic rings. The van der Waals surface area contributed by atoms with E-state index in [0.29, 0.717) is 17.8 Å². The van der Waals surface area contributed by atoms with Gasteiger partial charge in [0, 0.05) is 37.1 Å². The van der Waals surface area contributed by atoms with Crippen molar-refractivity contribution in [2.75, 3.05) is 21.2 Å². The highest BCUT2D eigenvalue weighted by Gasteiger charge is 2.13. The SMILES string of the molecule is COc1ccc(-c2nc(C(=O)NCc3cccc(C(=O)N(C)C)c3)cs2)cc1. The van der Waals surface area contributed by atoms with Crippen LogP contribution in [0.1, 0.15) is 26.4 Å². The van der Waals surface area contributed by atoms with Gasteiger partial charge in [-0.15, -0.1) is 11.3 Å². The molecule has 2 amide bonds. The largest absolute Gasteiger partial charge is 0.497 e. The number of amides is 2. The van der Waals surface area contributed by atoms with Crippen LogP contribution in [0.5, 0.6) is 5.75 Å². The Morgan fingerprint density at radius 3 is 2.57 bits per heavy atom. The molecule has 0 aliphatic carbocycles. The molecule has 0 fully saturated rings. The average Bonchev–Trinajstić information content (AvgIpc) is 3.22. The molecule has 7 heteroatoms. The average molecular weight is 395 g/mol. The van der Waals surface area contributed by atoms with Crippen molar-refractivity contribution in [3.8, 4) is 16.3 Å². The number of hydrogen-bond acceptors (Lipinski definition) is 5. The molecule has 0 spiro atoms. The number of carbonyl (C=O) groups excluding carboxylic acids is 2. The molecule has 2 aromatic carbocycles. The number of aromatic nitrogens is 1. The molecule has 0 unspecified atom stereocenters. The van der Waals surface area contributed by atoms with Crippen molar-refractivity contribution in [2.45, 2.75) is 6.54 Å². The van der Waals surface area contributed by atoms with Gasteiger partial charge in [-0.05, 0) is 42.0 Å². The van der Waals surface area contributed by atoms with E-state index in [1.807, 2.05) is 36.4 Å². The maximum Gasteiger partial charge on any atom is 0.271 e. The molecule has 0 saturated heterocycles. The van der Waals surface area contributed by atoms with Crippen LogP contribution in [0.25, 0.3) is 10.6 Å². The van der Waals surface area contributed by atoms with Crippen molar-refractivity contribution < 1.29 is 14.3 Å². The molecule has 0 aliphatic heterocycles. The van der Waals surface area contributed by atoms with Crippen LogP contribution in [0.2, 0.25) is 0 Å². The zero-order chi connectivity index (χ0) is 20.1. The molecule has 0 radical (unpaired) electrons. The highest BCUT2D eigenvalue weighted by atomic mass is 32.1. The second kappa shape index (κ2) is 8.67. The van der Waals surface area contributed by atoms with E-state index >= 15 is 0 Å². The monoisotopic (exact) mass is 395 g/mol. The van der Waals surface area contributed by atoms with Crippen LogP contribution in [-0.2, 0) is 6.54 Å². The van der Waals surface area contributed by atoms with E-state index < -0.39 is 0 Å². The summed E-state index contributed by atoms with van der Waals surface area (Å²) in [6, 6.07) is 14.8. The first-order valence-electron chi connectivity index (χ1n) is 8.66. The second-order valence-electron chi connectivity index (χ2n) is 6.35. The molecule has 0 atom stereocenters. The molecule has 28 heavy (non-hydrogen) atoms. The number of benzene rings is 2. The third-order valence-corrected chi connectivity index (χ3v) is 5.00. The smallest absolute Gasteiger partial charge is 0.271 e. The molecular weight excluding hydrogens is 374 g/mol. The second-order valence-corrected chi connectivity index (χ2v) is 7.21. The topological polar surface area (TPSA) is 71.5 Å². The summed E-state index contributed by atoms with van der Waals surface area (Å²) in [7, 11) is 5.03. The Bertz CT molecular complexity index is 981. The van der Waals surface area contributed by atoms with Gasteiger partial charge in [0.2, 0.25) is 0 Å². The number of rotatable bonds is 6. The molecule has 1 heterocycles. The lowest BCUT2D eigenvalue weighted by Gasteiger charge is -2.11. The summed E-state index contributed by atoms with van der Waals surface area (Å²) >= 11 is 1.41. The molecule has 3 rings (SSSR count). The van der Waals surface area contributed by atoms with E-state index in [0.717, 1.165) is 21.9 Å². The number of nitrogens with zero attached hydrogens (tertiary/aromatic N) is 2. The minimum atomic E-state index is -0.250. The van der Waals surface area contributed by atoms with Gasteiger partial charge in [0.1, 0.15) is 16.5 Å². The van der Waals surface area contributed by atoms with Crippen molar-refractivity contribution in [3.63, 3.8) is 0 Å². The molecular formula is C21H21N3O3S. The number of thiazole rings is 1. The predicted octanol–water partition coefficient (Wildman–Crippen LogP) is 3.45. The van der Waals surface area contributed by atoms with E-state index in [9.17, 15) is 9.59 Å². The number of methoxy groups -OCH3 is 1. The van der Waals surface area contributed by atoms with E-state index in [4.69, 9.17) is 4.74 Å². The molecule has 144 valence electrons. The summed E-state index contributed by atoms with van der Waals surface area (Å²) < 4.78 is 5.15. The van der Waals surface area contributed by atoms with Crippen LogP contribution in [-0.4, -0.2) is 42.9 Å². The Morgan fingerprint density at radius 1 is 1.14 bits per heavy atom. The fourth-order valence-electron chi connectivity index (χ4n) is 2.59. The van der Waals surface area contributed by atoms with Crippen molar-refractivity contribution >= 4 is 23.2 Å². The zero-order valence-electron chi connectivity index (χ0n) is 15.9. The predicted molar refractivity (Wildman–Crippen MR) is 110 cm³/mol. The van der Waals surface area contributed by atoms with E-state index in [1.165, 1.54) is 16.2 Å². The van der Waals surface area contributed by atoms with Crippen LogP contribution >= 0.6 is 11.3 Å². The van der Waals surface area contributed by atoms with E-state index in [2.05, 4.69) is 10.3 Å². The van der Waals surface area contributed by atoms with Crippen LogP contribution in [0.3, 0.4) is 0 Å². The van der Waals surface area contributed by atoms with Crippen molar-refractivity contribution in [2.24, 2.45) is 0 Å². The Labute approximate surface area is 167 Å². The van der Waals surface area contributed by atoms with Crippen LogP contribution in [0.4, 0.5) is 0 Å². The van der Waals surface area contributed by atoms with E-state index in [1.54, 1.807) is 38.7 Å². The van der Waals surface area contributed by atoms with E-state index in [-0.39, 0.29) is 11.8 Å². The van der Waals surface area contributed by atoms with Crippen molar-refractivity contribution in [1.29, 1.82) is 0 Å². The van der Waals surface area contributed by atoms with Crippen LogP contribution in [0.15, 0.2) is 53.9 Å². The molecule has 1 aromatic heterocycles. The third-order valence-electron chi connectivity index (χ3n) is 4.11. The number of ether oxygens (including phenoxy) is 1. The molecule has 0 bridgehead atoms. The first-order valence-corrected chi connectivity index (χ1v) is 9.54. The van der Waals surface area contributed by atoms with Gasteiger partial charge in [-0.1, -0.05) is 12.1 Å². The maximum atomic E-state index is 12.4. The van der Waals surface area contributed by atoms with Gasteiger partial charge in [-0.3, -0.25) is 9.59 Å². The summed E-state index contributed by atoms with van der Waals surface area (Å²) in [5.41, 5.74) is 2.75. The van der Waals surface area contributed by atoms with Crippen LogP contribution in [0, 0.1) is 0 Å². The van der Waals surface area contributed by atoms with Gasteiger partial charge in [-0.25, -0.2) is 4.98 Å². The first-order chi connectivity index (χ1) is 13.5. The lowest BCUT2D eigenvalue weighted by Crippen LogP contribution is -2.24. The first kappa shape index (κ1) is 19.6. The summed E-state index contributed by atoms with van der Waals surface area (Å²) in [5.74, 6) is 0.449. The van der Waals surface area contributed by atoms with Gasteiger partial charge in [0.15, 0.2) is 0 Å². The summed E-state index contributed by atoms with van der Waals surface area (Å²) in [5, 5.41) is 5.36. The fourth-order valence-corrected chi connectivity index (χ4v) is 3.40. The number of nitrogens with one attached hydrogen (secondary N) is 1. The highest BCUT2D eigenvalue weighted by molar-refractivity contribution is 7.13. The Balaban J connectivity index is 1.65. The lowest BCUT2D eigenvalue weighted by atomic mass is 10.1. The van der Waals surface area contributed by atoms with Gasteiger partial charge in [0.05, 0.1) is 7.11 Å². The molecule has 3 aromatic rings. The zero-order valence-corrected chi connectivity index (χ0v) is 16.7. The third kappa shape index (κ3) is 4.55. The van der Waals surface area contributed by atoms with Gasteiger partial charge < -0.3 is 15.0 Å². The van der Waals surface area contributed by atoms with Gasteiger partial charge in [0.25, 0.3) is 11.8 Å². The van der Waals surface area contributed by atoms with Gasteiger partial charge in [-0.2, -0.15) is 0 Å². The maximum absolute atomic E-state index is 12.4. The molecule has 1 N–H and O–H groups in total. The van der Waals surface area contributed by atoms with Crippen LogP contribution < -0.4 is 10.1 Å². The Morgan fingerprint density at radius 2 is 1.89 bits per heavy atom. The summed E-state index contributed by atoms with van der Waals surface area (Å²) in [4.78, 5) is 30.4. The minimum absolute atomic E-state index is 0.0724. The summed E-state index contributed by atoms with van der Waals surface area (Å²) in [6.45, 7) is 0.322. The quantitative estimate of drug-likeness (QED) is 0.694. The van der Waals surface area contributed by atoms with Crippen molar-refractivity contribution in [1.82, 2.24) is 15.2 Å². The van der Waals surface area contributed by atoms with Crippen molar-refractivity contribution in [3.05, 3.63) is 70.7 Å². The highest BCUT2D eigenvalue weighted by Crippen LogP contribution is 2.25. The van der Waals surface area contributed by atoms with Gasteiger partial charge >= 0.3 is 0 Å². The number of hydrogen-bond donors (Lipinski definition) is 1. The summed E-state index contributed by atoms with van der Waals surface area (Å²) in [6.07, 6.45) is 0. The minimum Gasteiger partial charge on any atom is -0.497 e. The fraction of sp³-hybridized carbons (Fsp3) is 0.190. The normalized spacial score (nSPS) is 10.4. The standard InChI is InChI=1S/C21H21N3O3S/c1-24(2)21(26)16-6-4-5-14(11-16)12-22-19(25)18-13-28-20(23-18)15-7-9-17(27-3)10-8-15/h4-11,13H,12H2,1-3H3,(H,22,25).